The van der Waals surface area contributed by atoms with E-state index in [4.69, 9.17) is 23.7 Å². The molecule has 0 heterocycles. The minimum absolute atomic E-state index is 0.0956. The minimum atomic E-state index is -4.31. The normalized spacial score (nSPS) is 11.9. The van der Waals surface area contributed by atoms with Crippen molar-refractivity contribution < 1.29 is 36.9 Å². The van der Waals surface area contributed by atoms with Gasteiger partial charge in [-0.15, -0.1) is 0 Å². The average molecular weight is 587 g/mol. The van der Waals surface area contributed by atoms with Gasteiger partial charge in [0.1, 0.15) is 23.8 Å². The summed E-state index contributed by atoms with van der Waals surface area (Å²) in [6, 6.07) is 16.0. The van der Waals surface area contributed by atoms with E-state index < -0.39 is 22.5 Å². The molecular formula is C30H38N2O8S. The zero-order valence-corrected chi connectivity index (χ0v) is 25.3. The summed E-state index contributed by atoms with van der Waals surface area (Å²) < 4.78 is 56.0. The van der Waals surface area contributed by atoms with Crippen LogP contribution in [-0.4, -0.2) is 56.4 Å². The zero-order valence-electron chi connectivity index (χ0n) is 24.5. The number of nitrogens with one attached hydrogen (secondary N) is 1. The molecule has 0 aliphatic rings. The fraction of sp³-hybridized carbons (Fsp3) is 0.367. The van der Waals surface area contributed by atoms with E-state index >= 15 is 0 Å². The number of ether oxygens (including phenoxy) is 5. The van der Waals surface area contributed by atoms with Crippen LogP contribution in [0, 0.1) is 5.92 Å². The second-order valence-electron chi connectivity index (χ2n) is 9.59. The molecular weight excluding hydrogens is 548 g/mol. The molecule has 41 heavy (non-hydrogen) atoms. The van der Waals surface area contributed by atoms with Crippen LogP contribution >= 0.6 is 0 Å². The maximum atomic E-state index is 14.1. The number of hydrogen-bond acceptors (Lipinski definition) is 8. The smallest absolute Gasteiger partial charge is 0.265 e. The van der Waals surface area contributed by atoms with Crippen LogP contribution in [-0.2, 0) is 14.8 Å². The lowest BCUT2D eigenvalue weighted by Crippen LogP contribution is -2.42. The molecule has 3 aromatic rings. The molecule has 0 saturated carbocycles. The van der Waals surface area contributed by atoms with Crippen molar-refractivity contribution in [2.24, 2.45) is 5.92 Å². The Morgan fingerprint density at radius 2 is 1.34 bits per heavy atom. The summed E-state index contributed by atoms with van der Waals surface area (Å²) in [5.41, 5.74) is 1.02. The van der Waals surface area contributed by atoms with Gasteiger partial charge in [0.15, 0.2) is 11.5 Å². The summed E-state index contributed by atoms with van der Waals surface area (Å²) in [6.07, 6.45) is 0.642. The number of carbonyl (C=O) groups is 1. The van der Waals surface area contributed by atoms with Crippen LogP contribution in [0.1, 0.15) is 31.9 Å². The fourth-order valence-corrected chi connectivity index (χ4v) is 5.79. The molecule has 0 unspecified atom stereocenters. The lowest BCUT2D eigenvalue weighted by Gasteiger charge is -2.28. The summed E-state index contributed by atoms with van der Waals surface area (Å²) in [6.45, 7) is 3.58. The average Bonchev–Trinajstić information content (AvgIpc) is 2.98. The van der Waals surface area contributed by atoms with Gasteiger partial charge in [-0.3, -0.25) is 9.10 Å². The molecule has 11 heteroatoms. The van der Waals surface area contributed by atoms with Crippen molar-refractivity contribution in [1.29, 1.82) is 0 Å². The first-order valence-corrected chi connectivity index (χ1v) is 14.4. The van der Waals surface area contributed by atoms with E-state index in [9.17, 15) is 13.2 Å². The van der Waals surface area contributed by atoms with Gasteiger partial charge >= 0.3 is 0 Å². The largest absolute Gasteiger partial charge is 0.497 e. The molecule has 1 N–H and O–H groups in total. The SMILES string of the molecule is COc1ccc([C@@H](CC(C)C)NC(=O)CN(c2cc(OC)ccc2OC)S(=O)(=O)c2ccc(OC)c(OC)c2)cc1. The molecule has 0 aliphatic carbocycles. The van der Waals surface area contributed by atoms with Gasteiger partial charge in [0.2, 0.25) is 5.91 Å². The van der Waals surface area contributed by atoms with Gasteiger partial charge in [-0.25, -0.2) is 8.42 Å². The predicted octanol–water partition coefficient (Wildman–Crippen LogP) is 4.83. The Labute approximate surface area is 242 Å². The van der Waals surface area contributed by atoms with E-state index in [0.29, 0.717) is 23.7 Å². The minimum Gasteiger partial charge on any atom is -0.497 e. The van der Waals surface area contributed by atoms with Gasteiger partial charge in [0.05, 0.1) is 52.2 Å². The lowest BCUT2D eigenvalue weighted by atomic mass is 9.97. The second kappa shape index (κ2) is 14.0. The molecule has 0 spiro atoms. The third-order valence-electron chi connectivity index (χ3n) is 6.45. The third kappa shape index (κ3) is 7.55. The molecule has 1 atom stereocenters. The van der Waals surface area contributed by atoms with Crippen LogP contribution < -0.4 is 33.3 Å². The van der Waals surface area contributed by atoms with E-state index in [1.807, 2.05) is 24.3 Å². The summed E-state index contributed by atoms with van der Waals surface area (Å²) in [7, 11) is 3.04. The number of rotatable bonds is 14. The molecule has 222 valence electrons. The maximum Gasteiger partial charge on any atom is 0.265 e. The van der Waals surface area contributed by atoms with E-state index in [0.717, 1.165) is 9.87 Å². The summed E-state index contributed by atoms with van der Waals surface area (Å²) >= 11 is 0. The van der Waals surface area contributed by atoms with Crippen LogP contribution in [0.15, 0.2) is 65.6 Å². The summed E-state index contributed by atoms with van der Waals surface area (Å²) in [5, 5.41) is 3.03. The maximum absolute atomic E-state index is 14.1. The van der Waals surface area contributed by atoms with Crippen molar-refractivity contribution in [3.05, 3.63) is 66.2 Å². The highest BCUT2D eigenvalue weighted by Crippen LogP contribution is 2.37. The Morgan fingerprint density at radius 3 is 1.90 bits per heavy atom. The van der Waals surface area contributed by atoms with Crippen LogP contribution in [0.5, 0.6) is 28.7 Å². The molecule has 10 nitrogen and oxygen atoms in total. The van der Waals surface area contributed by atoms with Crippen molar-refractivity contribution in [3.63, 3.8) is 0 Å². The lowest BCUT2D eigenvalue weighted by molar-refractivity contribution is -0.120. The Morgan fingerprint density at radius 1 is 0.756 bits per heavy atom. The van der Waals surface area contributed by atoms with Gasteiger partial charge in [-0.1, -0.05) is 26.0 Å². The van der Waals surface area contributed by atoms with E-state index in [1.54, 1.807) is 19.2 Å². The van der Waals surface area contributed by atoms with Crippen LogP contribution in [0.3, 0.4) is 0 Å². The summed E-state index contributed by atoms with van der Waals surface area (Å²) in [5.74, 6) is 1.69. The number of benzene rings is 3. The second-order valence-corrected chi connectivity index (χ2v) is 11.5. The quantitative estimate of drug-likeness (QED) is 0.286. The van der Waals surface area contributed by atoms with Gasteiger partial charge in [-0.2, -0.15) is 0 Å². The van der Waals surface area contributed by atoms with Crippen molar-refractivity contribution in [2.45, 2.75) is 31.2 Å². The third-order valence-corrected chi connectivity index (χ3v) is 8.20. The number of carbonyl (C=O) groups excluding carboxylic acids is 1. The van der Waals surface area contributed by atoms with E-state index in [-0.39, 0.29) is 34.0 Å². The molecule has 0 radical (unpaired) electrons. The number of hydrogen-bond donors (Lipinski definition) is 1. The fourth-order valence-electron chi connectivity index (χ4n) is 4.35. The first-order valence-electron chi connectivity index (χ1n) is 13.0. The van der Waals surface area contributed by atoms with Crippen LogP contribution in [0.4, 0.5) is 5.69 Å². The Bertz CT molecular complexity index is 1420. The molecule has 0 aliphatic heterocycles. The number of sulfonamides is 1. The molecule has 0 saturated heterocycles. The van der Waals surface area contributed by atoms with Gasteiger partial charge in [-0.05, 0) is 54.3 Å². The highest BCUT2D eigenvalue weighted by molar-refractivity contribution is 7.92. The van der Waals surface area contributed by atoms with Crippen molar-refractivity contribution in [2.75, 3.05) is 46.4 Å². The first kappa shape index (κ1) is 31.4. The predicted molar refractivity (Wildman–Crippen MR) is 157 cm³/mol. The van der Waals surface area contributed by atoms with Gasteiger partial charge < -0.3 is 29.0 Å². The van der Waals surface area contributed by atoms with Gasteiger partial charge in [0.25, 0.3) is 10.0 Å². The van der Waals surface area contributed by atoms with Crippen molar-refractivity contribution in [3.8, 4) is 28.7 Å². The topological polar surface area (TPSA) is 113 Å². The Hall–Kier alpha value is -4.12. The van der Waals surface area contributed by atoms with Crippen molar-refractivity contribution >= 4 is 21.6 Å². The molecule has 0 bridgehead atoms. The molecule has 0 aromatic heterocycles. The summed E-state index contributed by atoms with van der Waals surface area (Å²) in [4.78, 5) is 13.5. The van der Waals surface area contributed by atoms with Crippen molar-refractivity contribution in [1.82, 2.24) is 5.32 Å². The molecule has 3 aromatic carbocycles. The molecule has 1 amide bonds. The van der Waals surface area contributed by atoms with E-state index in [2.05, 4.69) is 19.2 Å². The monoisotopic (exact) mass is 586 g/mol. The highest BCUT2D eigenvalue weighted by Gasteiger charge is 2.31. The number of nitrogens with zero attached hydrogens (tertiary/aromatic N) is 1. The van der Waals surface area contributed by atoms with Gasteiger partial charge in [0, 0.05) is 12.1 Å². The van der Waals surface area contributed by atoms with Crippen LogP contribution in [0.25, 0.3) is 0 Å². The van der Waals surface area contributed by atoms with Crippen LogP contribution in [0.2, 0.25) is 0 Å². The molecule has 0 fully saturated rings. The van der Waals surface area contributed by atoms with E-state index in [1.165, 1.54) is 52.7 Å². The first-order chi connectivity index (χ1) is 19.6. The number of methoxy groups -OCH3 is 5. The zero-order chi connectivity index (χ0) is 30.2. The Kier molecular flexibility index (Phi) is 10.7. The molecule has 3 rings (SSSR count). The number of amides is 1. The standard InChI is InChI=1S/C30H38N2O8S/c1-20(2)16-25(21-8-10-22(36-3)11-9-21)31-30(33)19-32(26-17-23(37-4)12-14-27(26)38-5)41(34,35)24-13-15-28(39-6)29(18-24)40-7/h8-15,17-18,20,25H,16,19H2,1-7H3,(H,31,33)/t25-/m1/s1. The highest BCUT2D eigenvalue weighted by atomic mass is 32.2. The Balaban J connectivity index is 2.06. The number of anilines is 1.